The molecular formula is C10H7ClO3. The van der Waals surface area contributed by atoms with Crippen LogP contribution in [0, 0.1) is 0 Å². The highest BCUT2D eigenvalue weighted by atomic mass is 35.5. The van der Waals surface area contributed by atoms with Crippen molar-refractivity contribution in [1.82, 2.24) is 0 Å². The van der Waals surface area contributed by atoms with E-state index < -0.39 is 16.8 Å². The molecular weight excluding hydrogens is 204 g/mol. The van der Waals surface area contributed by atoms with Gasteiger partial charge in [0, 0.05) is 11.6 Å². The Morgan fingerprint density at radius 3 is 2.29 bits per heavy atom. The van der Waals surface area contributed by atoms with Gasteiger partial charge in [0.15, 0.2) is 5.78 Å². The smallest absolute Gasteiger partial charge is 0.347 e. The Morgan fingerprint density at radius 2 is 1.79 bits per heavy atom. The Labute approximate surface area is 85.6 Å². The van der Waals surface area contributed by atoms with Gasteiger partial charge in [-0.3, -0.25) is 4.79 Å². The van der Waals surface area contributed by atoms with E-state index >= 15 is 0 Å². The van der Waals surface area contributed by atoms with Crippen LogP contribution in [0.5, 0.6) is 0 Å². The van der Waals surface area contributed by atoms with Crippen LogP contribution in [0.15, 0.2) is 41.4 Å². The van der Waals surface area contributed by atoms with Gasteiger partial charge in [0.1, 0.15) is 5.03 Å². The molecule has 0 aliphatic rings. The zero-order valence-electron chi connectivity index (χ0n) is 7.11. The van der Waals surface area contributed by atoms with Gasteiger partial charge in [0.25, 0.3) is 0 Å². The van der Waals surface area contributed by atoms with Gasteiger partial charge in [-0.15, -0.1) is 0 Å². The fraction of sp³-hybridized carbons (Fsp3) is 0. The first kappa shape index (κ1) is 10.5. The maximum Gasteiger partial charge on any atom is 0.347 e. The number of carbonyl (C=O) groups excluding carboxylic acids is 1. The fourth-order valence-corrected chi connectivity index (χ4v) is 0.962. The van der Waals surface area contributed by atoms with Crippen LogP contribution < -0.4 is 0 Å². The third-order valence-electron chi connectivity index (χ3n) is 1.52. The molecule has 0 fully saturated rings. The van der Waals surface area contributed by atoms with E-state index in [0.717, 1.165) is 6.08 Å². The maximum absolute atomic E-state index is 11.3. The lowest BCUT2D eigenvalue weighted by Crippen LogP contribution is -2.00. The van der Waals surface area contributed by atoms with Crippen molar-refractivity contribution < 1.29 is 14.7 Å². The highest BCUT2D eigenvalue weighted by molar-refractivity contribution is 6.42. The molecule has 0 spiro atoms. The average molecular weight is 211 g/mol. The fourth-order valence-electron chi connectivity index (χ4n) is 0.863. The maximum atomic E-state index is 11.3. The molecule has 0 saturated heterocycles. The zero-order chi connectivity index (χ0) is 10.6. The van der Waals surface area contributed by atoms with E-state index in [9.17, 15) is 9.59 Å². The van der Waals surface area contributed by atoms with Crippen LogP contribution in [0.3, 0.4) is 0 Å². The summed E-state index contributed by atoms with van der Waals surface area (Å²) in [5.74, 6) is -1.73. The second-order valence-electron chi connectivity index (χ2n) is 2.53. The Kier molecular flexibility index (Phi) is 3.42. The summed E-state index contributed by atoms with van der Waals surface area (Å²) >= 11 is 5.30. The molecule has 4 heteroatoms. The number of rotatable bonds is 3. The van der Waals surface area contributed by atoms with Crippen LogP contribution in [0.25, 0.3) is 0 Å². The molecule has 0 atom stereocenters. The lowest BCUT2D eigenvalue weighted by Gasteiger charge is -1.94. The molecule has 14 heavy (non-hydrogen) atoms. The summed E-state index contributed by atoms with van der Waals surface area (Å²) in [5.41, 5.74) is 0.409. The number of carbonyl (C=O) groups is 2. The van der Waals surface area contributed by atoms with Crippen LogP contribution >= 0.6 is 11.6 Å². The SMILES string of the molecule is O=C(O)/C(Cl)=C\C(=O)c1ccccc1. The Balaban J connectivity index is 2.88. The van der Waals surface area contributed by atoms with Gasteiger partial charge >= 0.3 is 5.97 Å². The summed E-state index contributed by atoms with van der Waals surface area (Å²) < 4.78 is 0. The lowest BCUT2D eigenvalue weighted by molar-refractivity contribution is -0.131. The summed E-state index contributed by atoms with van der Waals surface area (Å²) in [6.07, 6.45) is 0.888. The number of carboxylic acid groups (broad SMARTS) is 1. The molecule has 0 heterocycles. The normalized spacial score (nSPS) is 11.1. The molecule has 3 nitrogen and oxygen atoms in total. The van der Waals surface area contributed by atoms with Crippen molar-refractivity contribution in [3.05, 3.63) is 47.0 Å². The molecule has 0 aliphatic heterocycles. The Bertz CT molecular complexity index is 382. The topological polar surface area (TPSA) is 54.4 Å². The first-order valence-electron chi connectivity index (χ1n) is 3.81. The van der Waals surface area contributed by atoms with E-state index in [1.54, 1.807) is 30.3 Å². The largest absolute Gasteiger partial charge is 0.477 e. The van der Waals surface area contributed by atoms with Crippen LogP contribution in [-0.4, -0.2) is 16.9 Å². The molecule has 1 N–H and O–H groups in total. The molecule has 72 valence electrons. The lowest BCUT2D eigenvalue weighted by atomic mass is 10.1. The van der Waals surface area contributed by atoms with E-state index in [2.05, 4.69) is 0 Å². The molecule has 0 aliphatic carbocycles. The molecule has 1 aromatic carbocycles. The van der Waals surface area contributed by atoms with E-state index in [0.29, 0.717) is 5.56 Å². The van der Waals surface area contributed by atoms with Gasteiger partial charge < -0.3 is 5.11 Å². The summed E-state index contributed by atoms with van der Waals surface area (Å²) in [7, 11) is 0. The van der Waals surface area contributed by atoms with Gasteiger partial charge in [-0.1, -0.05) is 41.9 Å². The molecule has 1 rings (SSSR count). The molecule has 1 aromatic rings. The zero-order valence-corrected chi connectivity index (χ0v) is 7.86. The van der Waals surface area contributed by atoms with Crippen molar-refractivity contribution in [1.29, 1.82) is 0 Å². The van der Waals surface area contributed by atoms with Crippen molar-refractivity contribution in [2.24, 2.45) is 0 Å². The third kappa shape index (κ3) is 2.71. The first-order valence-corrected chi connectivity index (χ1v) is 4.19. The minimum absolute atomic E-state index is 0.409. The van der Waals surface area contributed by atoms with Gasteiger partial charge in [-0.25, -0.2) is 4.79 Å². The number of allylic oxidation sites excluding steroid dienone is 1. The van der Waals surface area contributed by atoms with E-state index in [1.165, 1.54) is 0 Å². The average Bonchev–Trinajstić information content (AvgIpc) is 2.19. The van der Waals surface area contributed by atoms with Crippen molar-refractivity contribution in [3.8, 4) is 0 Å². The molecule has 0 bridgehead atoms. The van der Waals surface area contributed by atoms with Crippen LogP contribution in [0.2, 0.25) is 0 Å². The number of benzene rings is 1. The number of hydrogen-bond donors (Lipinski definition) is 1. The number of hydrogen-bond acceptors (Lipinski definition) is 2. The number of aliphatic carboxylic acids is 1. The monoisotopic (exact) mass is 210 g/mol. The second kappa shape index (κ2) is 4.58. The van der Waals surface area contributed by atoms with Crippen LogP contribution in [0.1, 0.15) is 10.4 Å². The van der Waals surface area contributed by atoms with Gasteiger partial charge in [-0.05, 0) is 0 Å². The van der Waals surface area contributed by atoms with Crippen molar-refractivity contribution in [3.63, 3.8) is 0 Å². The minimum Gasteiger partial charge on any atom is -0.477 e. The summed E-state index contributed by atoms with van der Waals surface area (Å²) in [6.45, 7) is 0. The minimum atomic E-state index is -1.31. The Morgan fingerprint density at radius 1 is 1.21 bits per heavy atom. The molecule has 0 aromatic heterocycles. The van der Waals surface area contributed by atoms with Crippen LogP contribution in [-0.2, 0) is 4.79 Å². The highest BCUT2D eigenvalue weighted by Gasteiger charge is 2.07. The molecule has 0 radical (unpaired) electrons. The van der Waals surface area contributed by atoms with E-state index in [4.69, 9.17) is 16.7 Å². The quantitative estimate of drug-likeness (QED) is 0.614. The number of ketones is 1. The summed E-state index contributed by atoms with van der Waals surface area (Å²) in [5, 5.41) is 7.94. The van der Waals surface area contributed by atoms with Crippen molar-refractivity contribution in [2.75, 3.05) is 0 Å². The molecule has 0 amide bonds. The van der Waals surface area contributed by atoms with Gasteiger partial charge in [0.05, 0.1) is 0 Å². The standard InChI is InChI=1S/C10H7ClO3/c11-8(10(13)14)6-9(12)7-4-2-1-3-5-7/h1-6H,(H,13,14)/b8-6+. The summed E-state index contributed by atoms with van der Waals surface area (Å²) in [6, 6.07) is 8.32. The molecule has 0 saturated carbocycles. The first-order chi connectivity index (χ1) is 6.61. The predicted octanol–water partition coefficient (Wildman–Crippen LogP) is 2.08. The third-order valence-corrected chi connectivity index (χ3v) is 1.79. The van der Waals surface area contributed by atoms with Crippen molar-refractivity contribution >= 4 is 23.4 Å². The number of carboxylic acids is 1. The van der Waals surface area contributed by atoms with E-state index in [1.807, 2.05) is 0 Å². The summed E-state index contributed by atoms with van der Waals surface area (Å²) in [4.78, 5) is 21.6. The Hall–Kier alpha value is -1.61. The molecule has 0 unspecified atom stereocenters. The second-order valence-corrected chi connectivity index (χ2v) is 2.93. The van der Waals surface area contributed by atoms with Gasteiger partial charge in [0.2, 0.25) is 0 Å². The van der Waals surface area contributed by atoms with Crippen LogP contribution in [0.4, 0.5) is 0 Å². The predicted molar refractivity (Wildman–Crippen MR) is 52.3 cm³/mol. The number of halogens is 1. The highest BCUT2D eigenvalue weighted by Crippen LogP contribution is 2.06. The van der Waals surface area contributed by atoms with Gasteiger partial charge in [-0.2, -0.15) is 0 Å². The van der Waals surface area contributed by atoms with Crippen molar-refractivity contribution in [2.45, 2.75) is 0 Å². The van der Waals surface area contributed by atoms with E-state index in [-0.39, 0.29) is 0 Å².